The summed E-state index contributed by atoms with van der Waals surface area (Å²) in [6.07, 6.45) is 1.81. The number of aromatic amines is 1. The van der Waals surface area contributed by atoms with Crippen LogP contribution in [0.25, 0.3) is 55.2 Å². The van der Waals surface area contributed by atoms with E-state index in [1.165, 1.54) is 0 Å². The van der Waals surface area contributed by atoms with Crippen molar-refractivity contribution in [3.8, 4) is 28.1 Å². The van der Waals surface area contributed by atoms with Gasteiger partial charge in [-0.15, -0.1) is 0 Å². The standard InChI is InChI=1S/C26H21N5O2/c1-13-23(14(2)33-31-13)19-11-21-18(12-22(19)32-4)24-25(28-15(3)29-26(24)30-21)17-7-5-9-20-16(17)8-6-10-27-20/h5-12H,1-4H3,(H,28,29,30). The van der Waals surface area contributed by atoms with Crippen LogP contribution in [0.15, 0.2) is 53.2 Å². The van der Waals surface area contributed by atoms with Gasteiger partial charge in [0.05, 0.1) is 35.0 Å². The number of H-pyrrole nitrogens is 1. The van der Waals surface area contributed by atoms with E-state index in [2.05, 4.69) is 33.3 Å². The molecule has 0 spiro atoms. The van der Waals surface area contributed by atoms with Crippen molar-refractivity contribution in [1.29, 1.82) is 0 Å². The van der Waals surface area contributed by atoms with Gasteiger partial charge in [0.25, 0.3) is 0 Å². The monoisotopic (exact) mass is 435 g/mol. The van der Waals surface area contributed by atoms with Gasteiger partial charge in [-0.1, -0.05) is 23.4 Å². The molecule has 1 N–H and O–H groups in total. The van der Waals surface area contributed by atoms with Crippen LogP contribution in [0.1, 0.15) is 17.3 Å². The molecule has 0 aliphatic heterocycles. The second-order valence-corrected chi connectivity index (χ2v) is 8.14. The van der Waals surface area contributed by atoms with Gasteiger partial charge < -0.3 is 14.2 Å². The van der Waals surface area contributed by atoms with Crippen LogP contribution in [0.3, 0.4) is 0 Å². The Morgan fingerprint density at radius 2 is 1.82 bits per heavy atom. The number of pyridine rings is 1. The third kappa shape index (κ3) is 2.89. The average Bonchev–Trinajstić information content (AvgIpc) is 3.35. The number of aromatic nitrogens is 5. The van der Waals surface area contributed by atoms with E-state index in [-0.39, 0.29) is 0 Å². The van der Waals surface area contributed by atoms with Crippen LogP contribution in [-0.4, -0.2) is 32.2 Å². The Morgan fingerprint density at radius 3 is 2.61 bits per heavy atom. The quantitative estimate of drug-likeness (QED) is 0.371. The van der Waals surface area contributed by atoms with Crippen molar-refractivity contribution < 1.29 is 9.26 Å². The molecule has 4 heterocycles. The highest BCUT2D eigenvalue weighted by atomic mass is 16.5. The van der Waals surface area contributed by atoms with Gasteiger partial charge in [-0.3, -0.25) is 4.98 Å². The first-order valence-electron chi connectivity index (χ1n) is 10.7. The first-order valence-corrected chi connectivity index (χ1v) is 10.7. The second-order valence-electron chi connectivity index (χ2n) is 8.14. The van der Waals surface area contributed by atoms with Gasteiger partial charge in [-0.25, -0.2) is 9.97 Å². The second kappa shape index (κ2) is 7.13. The van der Waals surface area contributed by atoms with Crippen LogP contribution in [0.4, 0.5) is 0 Å². The van der Waals surface area contributed by atoms with Gasteiger partial charge in [0, 0.05) is 33.6 Å². The summed E-state index contributed by atoms with van der Waals surface area (Å²) in [5.74, 6) is 2.19. The Hall–Kier alpha value is -4.26. The van der Waals surface area contributed by atoms with E-state index in [0.29, 0.717) is 5.82 Å². The third-order valence-electron chi connectivity index (χ3n) is 6.09. The highest BCUT2D eigenvalue weighted by molar-refractivity contribution is 6.15. The summed E-state index contributed by atoms with van der Waals surface area (Å²) in [7, 11) is 1.68. The third-order valence-corrected chi connectivity index (χ3v) is 6.09. The summed E-state index contributed by atoms with van der Waals surface area (Å²) < 4.78 is 11.2. The molecule has 7 heteroatoms. The summed E-state index contributed by atoms with van der Waals surface area (Å²) in [4.78, 5) is 17.6. The van der Waals surface area contributed by atoms with Crippen molar-refractivity contribution >= 4 is 32.8 Å². The van der Waals surface area contributed by atoms with E-state index >= 15 is 0 Å². The molecule has 6 rings (SSSR count). The van der Waals surface area contributed by atoms with E-state index in [0.717, 1.165) is 72.4 Å². The fourth-order valence-electron chi connectivity index (χ4n) is 4.67. The molecule has 0 aliphatic rings. The highest BCUT2D eigenvalue weighted by Gasteiger charge is 2.21. The zero-order valence-corrected chi connectivity index (χ0v) is 18.7. The van der Waals surface area contributed by atoms with E-state index in [9.17, 15) is 0 Å². The van der Waals surface area contributed by atoms with Gasteiger partial charge in [0.15, 0.2) is 0 Å². The highest BCUT2D eigenvalue weighted by Crippen LogP contribution is 2.42. The lowest BCUT2D eigenvalue weighted by atomic mass is 9.98. The Bertz CT molecular complexity index is 1670. The predicted octanol–water partition coefficient (Wildman–Crippen LogP) is 5.92. The molecule has 0 amide bonds. The lowest BCUT2D eigenvalue weighted by Gasteiger charge is -2.10. The Kier molecular flexibility index (Phi) is 4.20. The van der Waals surface area contributed by atoms with Crippen molar-refractivity contribution in [3.05, 3.63) is 65.9 Å². The van der Waals surface area contributed by atoms with Gasteiger partial charge in [-0.2, -0.15) is 0 Å². The maximum absolute atomic E-state index is 5.81. The summed E-state index contributed by atoms with van der Waals surface area (Å²) in [5.41, 5.74) is 7.23. The molecule has 33 heavy (non-hydrogen) atoms. The molecule has 6 aromatic rings. The summed E-state index contributed by atoms with van der Waals surface area (Å²) in [5, 5.41) is 7.11. The number of rotatable bonds is 3. The van der Waals surface area contributed by atoms with Crippen LogP contribution < -0.4 is 4.74 Å². The smallest absolute Gasteiger partial charge is 0.142 e. The van der Waals surface area contributed by atoms with Crippen LogP contribution >= 0.6 is 0 Å². The lowest BCUT2D eigenvalue weighted by molar-refractivity contribution is 0.393. The largest absolute Gasteiger partial charge is 0.496 e. The van der Waals surface area contributed by atoms with Crippen molar-refractivity contribution in [2.45, 2.75) is 20.8 Å². The molecule has 0 aliphatic carbocycles. The first kappa shape index (κ1) is 19.4. The summed E-state index contributed by atoms with van der Waals surface area (Å²) in [6, 6.07) is 14.3. The molecule has 0 saturated carbocycles. The van der Waals surface area contributed by atoms with E-state index in [1.54, 1.807) is 13.3 Å². The van der Waals surface area contributed by atoms with Gasteiger partial charge >= 0.3 is 0 Å². The minimum absolute atomic E-state index is 0.697. The number of fused-ring (bicyclic) bond motifs is 4. The van der Waals surface area contributed by atoms with Crippen LogP contribution in [0.5, 0.6) is 5.75 Å². The lowest BCUT2D eigenvalue weighted by Crippen LogP contribution is -1.94. The maximum atomic E-state index is 5.81. The maximum Gasteiger partial charge on any atom is 0.142 e. The topological polar surface area (TPSA) is 89.7 Å². The van der Waals surface area contributed by atoms with E-state index < -0.39 is 0 Å². The van der Waals surface area contributed by atoms with Gasteiger partial charge in [0.2, 0.25) is 0 Å². The zero-order valence-electron chi connectivity index (χ0n) is 18.7. The Balaban J connectivity index is 1.71. The predicted molar refractivity (Wildman–Crippen MR) is 128 cm³/mol. The van der Waals surface area contributed by atoms with Crippen LogP contribution in [0, 0.1) is 20.8 Å². The van der Waals surface area contributed by atoms with Crippen molar-refractivity contribution in [2.24, 2.45) is 0 Å². The molecule has 162 valence electrons. The fourth-order valence-corrected chi connectivity index (χ4v) is 4.67. The number of nitrogens with zero attached hydrogens (tertiary/aromatic N) is 4. The first-order chi connectivity index (χ1) is 16.0. The number of aryl methyl sites for hydroxylation is 3. The van der Waals surface area contributed by atoms with Crippen molar-refractivity contribution in [1.82, 2.24) is 25.1 Å². The SMILES string of the molecule is COc1cc2c(cc1-c1c(C)noc1C)[nH]c1nc(C)nc(-c3cccc4ncccc34)c12. The number of hydrogen-bond donors (Lipinski definition) is 1. The van der Waals surface area contributed by atoms with Gasteiger partial charge in [-0.05, 0) is 45.0 Å². The molecule has 2 aromatic carbocycles. The Labute approximate surface area is 189 Å². The zero-order chi connectivity index (χ0) is 22.7. The number of benzene rings is 2. The molecule has 4 aromatic heterocycles. The fraction of sp³-hybridized carbons (Fsp3) is 0.154. The molecule has 0 unspecified atom stereocenters. The number of hydrogen-bond acceptors (Lipinski definition) is 6. The van der Waals surface area contributed by atoms with Crippen molar-refractivity contribution in [3.63, 3.8) is 0 Å². The molecule has 0 atom stereocenters. The number of ether oxygens (including phenoxy) is 1. The molecule has 0 radical (unpaired) electrons. The molecular weight excluding hydrogens is 414 g/mol. The van der Waals surface area contributed by atoms with Crippen molar-refractivity contribution in [2.75, 3.05) is 7.11 Å². The molecule has 7 nitrogen and oxygen atoms in total. The number of methoxy groups -OCH3 is 1. The normalized spacial score (nSPS) is 11.6. The van der Waals surface area contributed by atoms with Crippen LogP contribution in [-0.2, 0) is 0 Å². The average molecular weight is 435 g/mol. The number of nitrogens with one attached hydrogen (secondary N) is 1. The summed E-state index contributed by atoms with van der Waals surface area (Å²) >= 11 is 0. The van der Waals surface area contributed by atoms with E-state index in [1.807, 2.05) is 45.0 Å². The van der Waals surface area contributed by atoms with E-state index in [4.69, 9.17) is 19.2 Å². The molecule has 0 fully saturated rings. The van der Waals surface area contributed by atoms with Gasteiger partial charge in [0.1, 0.15) is 23.0 Å². The molecular formula is C26H21N5O2. The minimum atomic E-state index is 0.697. The summed E-state index contributed by atoms with van der Waals surface area (Å²) in [6.45, 7) is 5.75. The Morgan fingerprint density at radius 1 is 0.939 bits per heavy atom. The molecule has 0 bridgehead atoms. The van der Waals surface area contributed by atoms with Crippen LogP contribution in [0.2, 0.25) is 0 Å². The minimum Gasteiger partial charge on any atom is -0.496 e. The molecule has 0 saturated heterocycles.